The SMILES string of the molecule is CCCCCCCCOC(=O)CCCCCCCN(CCCCCCCC(=O)OC(CCCCC)CCCCCC)CCCN/C(N)=C/[N+](=O)[O-]. The molecule has 3 N–H and O–H groups in total. The van der Waals surface area contributed by atoms with Gasteiger partial charge < -0.3 is 25.4 Å². The Morgan fingerprint density at radius 3 is 1.69 bits per heavy atom. The summed E-state index contributed by atoms with van der Waals surface area (Å²) in [6.07, 6.45) is 30.9. The molecule has 0 aromatic heterocycles. The van der Waals surface area contributed by atoms with Gasteiger partial charge in [-0.2, -0.15) is 0 Å². The lowest BCUT2D eigenvalue weighted by molar-refractivity contribution is -0.403. The van der Waals surface area contributed by atoms with Crippen molar-refractivity contribution in [1.29, 1.82) is 0 Å². The number of hydrogen-bond donors (Lipinski definition) is 2. The minimum Gasteiger partial charge on any atom is -0.466 e. The number of nitrogens with zero attached hydrogens (tertiary/aromatic N) is 2. The molecule has 0 amide bonds. The van der Waals surface area contributed by atoms with E-state index in [9.17, 15) is 19.7 Å². The number of esters is 2. The van der Waals surface area contributed by atoms with Gasteiger partial charge in [0.05, 0.1) is 11.5 Å². The number of nitrogens with two attached hydrogens (primary N) is 1. The second kappa shape index (κ2) is 37.4. The molecule has 300 valence electrons. The van der Waals surface area contributed by atoms with Gasteiger partial charge in [-0.25, -0.2) is 0 Å². The van der Waals surface area contributed by atoms with Crippen molar-refractivity contribution < 1.29 is 24.0 Å². The molecule has 0 aromatic rings. The minimum atomic E-state index is -0.544. The second-order valence-electron chi connectivity index (χ2n) is 14.5. The third-order valence-corrected chi connectivity index (χ3v) is 9.50. The van der Waals surface area contributed by atoms with Crippen molar-refractivity contribution >= 4 is 11.9 Å². The van der Waals surface area contributed by atoms with E-state index in [2.05, 4.69) is 31.0 Å². The largest absolute Gasteiger partial charge is 0.466 e. The van der Waals surface area contributed by atoms with E-state index in [0.29, 0.717) is 26.0 Å². The van der Waals surface area contributed by atoms with Gasteiger partial charge in [-0.3, -0.25) is 19.7 Å². The van der Waals surface area contributed by atoms with Crippen molar-refractivity contribution in [3.8, 4) is 0 Å². The van der Waals surface area contributed by atoms with Gasteiger partial charge in [0.25, 0.3) is 6.20 Å². The summed E-state index contributed by atoms with van der Waals surface area (Å²) < 4.78 is 11.3. The van der Waals surface area contributed by atoms with Crippen LogP contribution in [0.3, 0.4) is 0 Å². The van der Waals surface area contributed by atoms with E-state index in [1.54, 1.807) is 0 Å². The first-order valence-electron chi connectivity index (χ1n) is 21.2. The first-order chi connectivity index (χ1) is 24.8. The van der Waals surface area contributed by atoms with Gasteiger partial charge in [-0.15, -0.1) is 0 Å². The van der Waals surface area contributed by atoms with Crippen molar-refractivity contribution in [3.63, 3.8) is 0 Å². The van der Waals surface area contributed by atoms with Gasteiger partial charge in [0, 0.05) is 19.4 Å². The average molecular weight is 725 g/mol. The lowest BCUT2D eigenvalue weighted by atomic mass is 10.0. The van der Waals surface area contributed by atoms with E-state index in [4.69, 9.17) is 15.2 Å². The zero-order valence-electron chi connectivity index (χ0n) is 33.4. The van der Waals surface area contributed by atoms with Crippen LogP contribution in [-0.2, 0) is 19.1 Å². The van der Waals surface area contributed by atoms with Crippen LogP contribution in [0, 0.1) is 10.1 Å². The highest BCUT2D eigenvalue weighted by molar-refractivity contribution is 5.69. The van der Waals surface area contributed by atoms with Crippen molar-refractivity contribution in [2.75, 3.05) is 32.8 Å². The smallest absolute Gasteiger partial charge is 0.306 e. The molecule has 0 spiro atoms. The molecule has 0 saturated carbocycles. The quantitative estimate of drug-likeness (QED) is 0.0275. The maximum atomic E-state index is 12.6. The lowest BCUT2D eigenvalue weighted by Gasteiger charge is -2.22. The second-order valence-corrected chi connectivity index (χ2v) is 14.5. The van der Waals surface area contributed by atoms with Crippen LogP contribution >= 0.6 is 0 Å². The topological polar surface area (TPSA) is 137 Å². The molecular formula is C41H80N4O6. The fourth-order valence-corrected chi connectivity index (χ4v) is 6.37. The summed E-state index contributed by atoms with van der Waals surface area (Å²) in [4.78, 5) is 37.2. The maximum Gasteiger partial charge on any atom is 0.306 e. The highest BCUT2D eigenvalue weighted by Gasteiger charge is 2.14. The predicted octanol–water partition coefficient (Wildman–Crippen LogP) is 10.3. The monoisotopic (exact) mass is 725 g/mol. The molecule has 1 atom stereocenters. The Labute approximate surface area is 313 Å². The molecule has 0 radical (unpaired) electrons. The van der Waals surface area contributed by atoms with E-state index in [1.807, 2.05) is 0 Å². The van der Waals surface area contributed by atoms with E-state index in [-0.39, 0.29) is 23.9 Å². The number of ether oxygens (including phenoxy) is 2. The van der Waals surface area contributed by atoms with E-state index in [0.717, 1.165) is 135 Å². The summed E-state index contributed by atoms with van der Waals surface area (Å²) in [6, 6.07) is 0. The Hall–Kier alpha value is -2.36. The Bertz CT molecular complexity index is 856. The van der Waals surface area contributed by atoms with Crippen LogP contribution in [0.5, 0.6) is 0 Å². The van der Waals surface area contributed by atoms with Crippen molar-refractivity contribution in [2.24, 2.45) is 5.73 Å². The molecule has 0 rings (SSSR count). The molecule has 51 heavy (non-hydrogen) atoms. The first kappa shape index (κ1) is 48.6. The summed E-state index contributed by atoms with van der Waals surface area (Å²) in [6.45, 7) is 10.7. The number of rotatable bonds is 39. The molecule has 0 aliphatic heterocycles. The van der Waals surface area contributed by atoms with E-state index < -0.39 is 4.92 Å². The fraction of sp³-hybridized carbons (Fsp3) is 0.902. The van der Waals surface area contributed by atoms with Gasteiger partial charge in [-0.05, 0) is 83.8 Å². The summed E-state index contributed by atoms with van der Waals surface area (Å²) in [5.74, 6) is 0.00110. The standard InChI is InChI=1S/C41H80N4O6/c1-4-7-10-12-19-26-36-50-40(46)30-22-15-13-17-24-33-44(35-27-32-43-39(42)37-45(48)49)34-25-18-14-16-23-31-41(47)51-38(28-20-9-6-3)29-21-11-8-5-2/h37-38,43H,4-36,42H2,1-3H3/b39-37+. The predicted molar refractivity (Wildman–Crippen MR) is 211 cm³/mol. The zero-order chi connectivity index (χ0) is 37.6. The van der Waals surface area contributed by atoms with Gasteiger partial charge in [0.15, 0.2) is 5.82 Å². The van der Waals surface area contributed by atoms with Crippen molar-refractivity contribution in [3.05, 3.63) is 22.1 Å². The third kappa shape index (κ3) is 35.8. The number of unbranched alkanes of at least 4 members (excludes halogenated alkanes) is 18. The summed E-state index contributed by atoms with van der Waals surface area (Å²) in [5.41, 5.74) is 5.67. The Morgan fingerprint density at radius 1 is 0.647 bits per heavy atom. The molecule has 0 aliphatic rings. The fourth-order valence-electron chi connectivity index (χ4n) is 6.37. The number of carbonyl (C=O) groups excluding carboxylic acids is 2. The van der Waals surface area contributed by atoms with E-state index in [1.165, 1.54) is 57.8 Å². The van der Waals surface area contributed by atoms with Crippen LogP contribution in [0.25, 0.3) is 0 Å². The van der Waals surface area contributed by atoms with Crippen LogP contribution in [-0.4, -0.2) is 60.7 Å². The molecule has 10 heteroatoms. The molecule has 0 saturated heterocycles. The maximum absolute atomic E-state index is 12.6. The van der Waals surface area contributed by atoms with Gasteiger partial charge >= 0.3 is 11.9 Å². The molecule has 0 aromatic carbocycles. The Balaban J connectivity index is 4.32. The van der Waals surface area contributed by atoms with Crippen LogP contribution in [0.15, 0.2) is 12.0 Å². The summed E-state index contributed by atoms with van der Waals surface area (Å²) in [7, 11) is 0. The van der Waals surface area contributed by atoms with Crippen LogP contribution in [0.1, 0.15) is 201 Å². The van der Waals surface area contributed by atoms with E-state index >= 15 is 0 Å². The van der Waals surface area contributed by atoms with Gasteiger partial charge in [-0.1, -0.05) is 124 Å². The lowest BCUT2D eigenvalue weighted by Crippen LogP contribution is -2.30. The van der Waals surface area contributed by atoms with Gasteiger partial charge in [0.1, 0.15) is 6.10 Å². The molecule has 10 nitrogen and oxygen atoms in total. The molecule has 0 bridgehead atoms. The highest BCUT2D eigenvalue weighted by Crippen LogP contribution is 2.17. The number of carbonyl (C=O) groups is 2. The number of hydrogen-bond acceptors (Lipinski definition) is 9. The normalized spacial score (nSPS) is 12.3. The minimum absolute atomic E-state index is 0.0242. The van der Waals surface area contributed by atoms with Crippen LogP contribution in [0.2, 0.25) is 0 Å². The molecular weight excluding hydrogens is 644 g/mol. The number of nitro groups is 1. The van der Waals surface area contributed by atoms with Crippen molar-refractivity contribution in [1.82, 2.24) is 10.2 Å². The van der Waals surface area contributed by atoms with Crippen molar-refractivity contribution in [2.45, 2.75) is 207 Å². The molecule has 0 heterocycles. The first-order valence-corrected chi connectivity index (χ1v) is 21.2. The molecule has 0 fully saturated rings. The number of nitrogens with one attached hydrogen (secondary N) is 1. The Morgan fingerprint density at radius 2 is 1.10 bits per heavy atom. The molecule has 0 aliphatic carbocycles. The average Bonchev–Trinajstić information content (AvgIpc) is 3.09. The Kier molecular flexibility index (Phi) is 35.7. The summed E-state index contributed by atoms with van der Waals surface area (Å²) in [5, 5.41) is 13.6. The molecule has 1 unspecified atom stereocenters. The van der Waals surface area contributed by atoms with Gasteiger partial charge in [0.2, 0.25) is 0 Å². The van der Waals surface area contributed by atoms with Crippen LogP contribution < -0.4 is 11.1 Å². The summed E-state index contributed by atoms with van der Waals surface area (Å²) >= 11 is 0. The highest BCUT2D eigenvalue weighted by atomic mass is 16.6. The third-order valence-electron chi connectivity index (χ3n) is 9.50. The van der Waals surface area contributed by atoms with Crippen LogP contribution in [0.4, 0.5) is 0 Å². The zero-order valence-corrected chi connectivity index (χ0v) is 33.4.